The van der Waals surface area contributed by atoms with Crippen molar-refractivity contribution in [1.82, 2.24) is 4.98 Å². The van der Waals surface area contributed by atoms with Gasteiger partial charge in [-0.15, -0.1) is 0 Å². The third kappa shape index (κ3) is 4.48. The first-order valence-corrected chi connectivity index (χ1v) is 10.8. The molecule has 0 aliphatic carbocycles. The molecule has 0 spiro atoms. The number of hydrogen-bond acceptors (Lipinski definition) is 4. The number of carbonyl (C=O) groups is 1. The Morgan fingerprint density at radius 2 is 1.77 bits per heavy atom. The van der Waals surface area contributed by atoms with E-state index < -0.39 is 0 Å². The molecule has 4 nitrogen and oxygen atoms in total. The van der Waals surface area contributed by atoms with Gasteiger partial charge in [0.25, 0.3) is 5.91 Å². The van der Waals surface area contributed by atoms with Crippen molar-refractivity contribution < 1.29 is 9.53 Å². The highest BCUT2D eigenvalue weighted by molar-refractivity contribution is 7.22. The van der Waals surface area contributed by atoms with Gasteiger partial charge in [0.05, 0.1) is 16.8 Å². The Hall–Kier alpha value is -2.89. The van der Waals surface area contributed by atoms with E-state index in [0.29, 0.717) is 22.4 Å². The van der Waals surface area contributed by atoms with E-state index in [0.717, 1.165) is 21.3 Å². The second-order valence-corrected chi connectivity index (χ2v) is 8.50. The summed E-state index contributed by atoms with van der Waals surface area (Å²) in [5.74, 6) is 0.449. The quantitative estimate of drug-likeness (QED) is 0.362. The molecule has 0 saturated carbocycles. The molecule has 3 aromatic carbocycles. The standard InChI is InChI=1S/C24H21ClN2O2S/c1-16-8-13-21-23(17(16)2)26-24(30-21)27(14-18-6-4-3-5-7-18)22(28)15-29-20-11-9-19(25)10-12-20/h3-13H,14-15H2,1-2H3. The molecule has 0 aliphatic rings. The van der Waals surface area contributed by atoms with Crippen LogP contribution < -0.4 is 9.64 Å². The molecular weight excluding hydrogens is 416 g/mol. The molecule has 6 heteroatoms. The van der Waals surface area contributed by atoms with Crippen LogP contribution in [0, 0.1) is 13.8 Å². The van der Waals surface area contributed by atoms with Crippen molar-refractivity contribution in [2.45, 2.75) is 20.4 Å². The van der Waals surface area contributed by atoms with Crippen LogP contribution >= 0.6 is 22.9 Å². The van der Waals surface area contributed by atoms with Gasteiger partial charge >= 0.3 is 0 Å². The molecule has 30 heavy (non-hydrogen) atoms. The van der Waals surface area contributed by atoms with Crippen molar-refractivity contribution in [1.29, 1.82) is 0 Å². The maximum atomic E-state index is 13.2. The Morgan fingerprint density at radius 1 is 1.03 bits per heavy atom. The minimum Gasteiger partial charge on any atom is -0.484 e. The first kappa shape index (κ1) is 20.4. The number of thiazole rings is 1. The number of ether oxygens (including phenoxy) is 1. The zero-order chi connectivity index (χ0) is 21.1. The van der Waals surface area contributed by atoms with Gasteiger partial charge < -0.3 is 4.74 Å². The number of rotatable bonds is 6. The van der Waals surface area contributed by atoms with E-state index >= 15 is 0 Å². The number of carbonyl (C=O) groups excluding carboxylic acids is 1. The van der Waals surface area contributed by atoms with Crippen molar-refractivity contribution in [2.24, 2.45) is 0 Å². The summed E-state index contributed by atoms with van der Waals surface area (Å²) in [7, 11) is 0. The Bertz CT molecular complexity index is 1170. The van der Waals surface area contributed by atoms with Crippen molar-refractivity contribution in [3.8, 4) is 5.75 Å². The van der Waals surface area contributed by atoms with Crippen LogP contribution in [-0.4, -0.2) is 17.5 Å². The zero-order valence-electron chi connectivity index (χ0n) is 16.8. The van der Waals surface area contributed by atoms with Crippen LogP contribution in [-0.2, 0) is 11.3 Å². The lowest BCUT2D eigenvalue weighted by molar-refractivity contribution is -0.120. The average molecular weight is 437 g/mol. The number of hydrogen-bond donors (Lipinski definition) is 0. The molecular formula is C24H21ClN2O2S. The predicted molar refractivity (Wildman–Crippen MR) is 124 cm³/mol. The number of nitrogens with zero attached hydrogens (tertiary/aromatic N) is 2. The van der Waals surface area contributed by atoms with E-state index in [1.165, 1.54) is 16.9 Å². The molecule has 0 unspecified atom stereocenters. The Labute approximate surface area is 184 Å². The van der Waals surface area contributed by atoms with E-state index in [9.17, 15) is 4.79 Å². The third-order valence-electron chi connectivity index (χ3n) is 4.96. The number of fused-ring (bicyclic) bond motifs is 1. The van der Waals surface area contributed by atoms with Gasteiger partial charge in [-0.25, -0.2) is 4.98 Å². The molecule has 0 bridgehead atoms. The average Bonchev–Trinajstić information content (AvgIpc) is 3.19. The Morgan fingerprint density at radius 3 is 2.50 bits per heavy atom. The van der Waals surface area contributed by atoms with Gasteiger partial charge in [-0.1, -0.05) is 59.3 Å². The molecule has 1 amide bonds. The molecule has 4 aromatic rings. The van der Waals surface area contributed by atoms with Crippen LogP contribution in [0.15, 0.2) is 66.7 Å². The third-order valence-corrected chi connectivity index (χ3v) is 6.26. The smallest absolute Gasteiger partial charge is 0.267 e. The lowest BCUT2D eigenvalue weighted by Crippen LogP contribution is -2.34. The second kappa shape index (κ2) is 8.86. The van der Waals surface area contributed by atoms with Gasteiger partial charge in [0.2, 0.25) is 0 Å². The summed E-state index contributed by atoms with van der Waals surface area (Å²) in [6.07, 6.45) is 0. The number of anilines is 1. The summed E-state index contributed by atoms with van der Waals surface area (Å²) >= 11 is 7.44. The maximum absolute atomic E-state index is 13.2. The van der Waals surface area contributed by atoms with Crippen molar-refractivity contribution in [2.75, 3.05) is 11.5 Å². The van der Waals surface area contributed by atoms with Crippen LogP contribution in [0.4, 0.5) is 5.13 Å². The fourth-order valence-electron chi connectivity index (χ4n) is 3.11. The van der Waals surface area contributed by atoms with Gasteiger partial charge in [0.15, 0.2) is 11.7 Å². The molecule has 0 fully saturated rings. The van der Waals surface area contributed by atoms with Crippen LogP contribution in [0.1, 0.15) is 16.7 Å². The fraction of sp³-hybridized carbons (Fsp3) is 0.167. The minimum atomic E-state index is -0.151. The molecule has 0 saturated heterocycles. The largest absolute Gasteiger partial charge is 0.484 e. The summed E-state index contributed by atoms with van der Waals surface area (Å²) in [4.78, 5) is 19.7. The number of aryl methyl sites for hydroxylation is 2. The molecule has 0 aliphatic heterocycles. The highest BCUT2D eigenvalue weighted by atomic mass is 35.5. The SMILES string of the molecule is Cc1ccc2sc(N(Cc3ccccc3)C(=O)COc3ccc(Cl)cc3)nc2c1C. The first-order valence-electron chi connectivity index (χ1n) is 9.60. The lowest BCUT2D eigenvalue weighted by atomic mass is 10.1. The lowest BCUT2D eigenvalue weighted by Gasteiger charge is -2.20. The summed E-state index contributed by atoms with van der Waals surface area (Å²) in [6.45, 7) is 4.48. The summed E-state index contributed by atoms with van der Waals surface area (Å²) in [6, 6.07) is 21.0. The van der Waals surface area contributed by atoms with Crippen molar-refractivity contribution >= 4 is 44.2 Å². The van der Waals surface area contributed by atoms with Gasteiger partial charge in [0.1, 0.15) is 5.75 Å². The summed E-state index contributed by atoms with van der Waals surface area (Å²) in [5.41, 5.74) is 4.30. The topological polar surface area (TPSA) is 42.4 Å². The fourth-order valence-corrected chi connectivity index (χ4v) is 4.28. The Kier molecular flexibility index (Phi) is 6.02. The zero-order valence-corrected chi connectivity index (χ0v) is 18.3. The Balaban J connectivity index is 1.63. The molecule has 152 valence electrons. The van der Waals surface area contributed by atoms with Gasteiger partial charge in [0, 0.05) is 5.02 Å². The number of halogens is 1. The monoisotopic (exact) mass is 436 g/mol. The predicted octanol–water partition coefficient (Wildman–Crippen LogP) is 6.18. The van der Waals surface area contributed by atoms with Gasteiger partial charge in [-0.2, -0.15) is 0 Å². The van der Waals surface area contributed by atoms with E-state index in [2.05, 4.69) is 26.0 Å². The molecule has 4 rings (SSSR count). The van der Waals surface area contributed by atoms with E-state index in [1.807, 2.05) is 30.3 Å². The molecule has 0 N–H and O–H groups in total. The first-order chi connectivity index (χ1) is 14.5. The number of amides is 1. The molecule has 0 atom stereocenters. The van der Waals surface area contributed by atoms with Gasteiger partial charge in [-0.3, -0.25) is 9.69 Å². The van der Waals surface area contributed by atoms with E-state index in [-0.39, 0.29) is 12.5 Å². The number of benzene rings is 3. The van der Waals surface area contributed by atoms with Crippen LogP contribution in [0.2, 0.25) is 5.02 Å². The van der Waals surface area contributed by atoms with Gasteiger partial charge in [-0.05, 0) is 60.9 Å². The molecule has 1 aromatic heterocycles. The normalized spacial score (nSPS) is 10.9. The van der Waals surface area contributed by atoms with E-state index in [4.69, 9.17) is 21.3 Å². The van der Waals surface area contributed by atoms with E-state index in [1.54, 1.807) is 29.2 Å². The van der Waals surface area contributed by atoms with Crippen LogP contribution in [0.5, 0.6) is 5.75 Å². The highest BCUT2D eigenvalue weighted by Crippen LogP contribution is 2.32. The van der Waals surface area contributed by atoms with Crippen molar-refractivity contribution in [3.63, 3.8) is 0 Å². The summed E-state index contributed by atoms with van der Waals surface area (Å²) < 4.78 is 6.77. The highest BCUT2D eigenvalue weighted by Gasteiger charge is 2.21. The minimum absolute atomic E-state index is 0.0810. The molecule has 0 radical (unpaired) electrons. The molecule has 1 heterocycles. The number of aromatic nitrogens is 1. The van der Waals surface area contributed by atoms with Crippen molar-refractivity contribution in [3.05, 3.63) is 88.4 Å². The van der Waals surface area contributed by atoms with Crippen LogP contribution in [0.3, 0.4) is 0 Å². The maximum Gasteiger partial charge on any atom is 0.267 e. The second-order valence-electron chi connectivity index (χ2n) is 7.06. The van der Waals surface area contributed by atoms with Crippen LogP contribution in [0.25, 0.3) is 10.2 Å². The summed E-state index contributed by atoms with van der Waals surface area (Å²) in [5, 5.41) is 1.30.